The van der Waals surface area contributed by atoms with Crippen LogP contribution in [-0.2, 0) is 11.3 Å². The minimum atomic E-state index is -0.149. The van der Waals surface area contributed by atoms with E-state index in [1.165, 1.54) is 0 Å². The van der Waals surface area contributed by atoms with Crippen LogP contribution in [0, 0.1) is 19.8 Å². The molecule has 0 saturated carbocycles. The Morgan fingerprint density at radius 1 is 1.65 bits per heavy atom. The summed E-state index contributed by atoms with van der Waals surface area (Å²) in [6.07, 6.45) is 1.66. The van der Waals surface area contributed by atoms with Gasteiger partial charge in [-0.3, -0.25) is 9.48 Å². The quantitative estimate of drug-likeness (QED) is 0.819. The van der Waals surface area contributed by atoms with E-state index in [4.69, 9.17) is 11.6 Å². The van der Waals surface area contributed by atoms with Crippen molar-refractivity contribution in [3.63, 3.8) is 0 Å². The molecular weight excluding hydrogens is 238 g/mol. The molecule has 0 saturated heterocycles. The zero-order valence-corrected chi connectivity index (χ0v) is 11.2. The summed E-state index contributed by atoms with van der Waals surface area (Å²) in [5.74, 6) is -0.155. The van der Waals surface area contributed by atoms with Gasteiger partial charge in [-0.2, -0.15) is 5.10 Å². The van der Waals surface area contributed by atoms with E-state index in [0.717, 1.165) is 11.4 Å². The van der Waals surface area contributed by atoms with Crippen molar-refractivity contribution in [2.75, 3.05) is 6.54 Å². The first-order chi connectivity index (χ1) is 7.97. The summed E-state index contributed by atoms with van der Waals surface area (Å²) in [6, 6.07) is 0. The molecule has 0 aliphatic heterocycles. The van der Waals surface area contributed by atoms with E-state index in [1.807, 2.05) is 20.8 Å². The number of halogens is 1. The van der Waals surface area contributed by atoms with E-state index >= 15 is 0 Å². The third kappa shape index (κ3) is 3.33. The van der Waals surface area contributed by atoms with E-state index in [-0.39, 0.29) is 11.8 Å². The molecule has 94 valence electrons. The first-order valence-corrected chi connectivity index (χ1v) is 5.93. The highest BCUT2D eigenvalue weighted by Gasteiger charge is 2.16. The van der Waals surface area contributed by atoms with Crippen LogP contribution in [0.1, 0.15) is 18.3 Å². The lowest BCUT2D eigenvalue weighted by atomic mass is 10.1. The van der Waals surface area contributed by atoms with E-state index in [2.05, 4.69) is 17.0 Å². The van der Waals surface area contributed by atoms with Crippen molar-refractivity contribution >= 4 is 17.5 Å². The molecule has 1 aromatic rings. The number of aryl methyl sites for hydroxylation is 1. The normalized spacial score (nSPS) is 12.2. The number of amides is 1. The molecule has 1 heterocycles. The van der Waals surface area contributed by atoms with Gasteiger partial charge >= 0.3 is 0 Å². The predicted molar refractivity (Wildman–Crippen MR) is 69.1 cm³/mol. The lowest BCUT2D eigenvalue weighted by molar-refractivity contribution is -0.124. The zero-order chi connectivity index (χ0) is 13.0. The molecule has 1 unspecified atom stereocenters. The number of carbonyl (C=O) groups excluding carboxylic acids is 1. The summed E-state index contributed by atoms with van der Waals surface area (Å²) in [4.78, 5) is 11.7. The van der Waals surface area contributed by atoms with Gasteiger partial charge in [0.25, 0.3) is 0 Å². The predicted octanol–water partition coefficient (Wildman–Crippen LogP) is 2.09. The van der Waals surface area contributed by atoms with Gasteiger partial charge in [0.05, 0.1) is 28.9 Å². The fraction of sp³-hybridized carbons (Fsp3) is 0.500. The minimum absolute atomic E-state index is 0.00595. The minimum Gasteiger partial charge on any atom is -0.352 e. The highest BCUT2D eigenvalue weighted by molar-refractivity contribution is 6.31. The molecule has 5 heteroatoms. The monoisotopic (exact) mass is 255 g/mol. The lowest BCUT2D eigenvalue weighted by Crippen LogP contribution is -2.32. The Bertz CT molecular complexity index is 426. The molecule has 1 amide bonds. The molecule has 0 fully saturated rings. The Hall–Kier alpha value is -1.29. The lowest BCUT2D eigenvalue weighted by Gasteiger charge is -2.12. The van der Waals surface area contributed by atoms with Gasteiger partial charge in [-0.05, 0) is 13.8 Å². The summed E-state index contributed by atoms with van der Waals surface area (Å²) in [6.45, 7) is 10.2. The molecule has 0 aliphatic rings. The fourth-order valence-corrected chi connectivity index (χ4v) is 1.68. The molecule has 4 nitrogen and oxygen atoms in total. The summed E-state index contributed by atoms with van der Waals surface area (Å²) >= 11 is 6.05. The topological polar surface area (TPSA) is 46.9 Å². The maximum Gasteiger partial charge on any atom is 0.224 e. The average molecular weight is 256 g/mol. The zero-order valence-electron chi connectivity index (χ0n) is 10.5. The second-order valence-corrected chi connectivity index (χ2v) is 4.48. The van der Waals surface area contributed by atoms with Crippen LogP contribution in [0.15, 0.2) is 12.7 Å². The molecule has 1 rings (SSSR count). The van der Waals surface area contributed by atoms with Crippen LogP contribution in [0.3, 0.4) is 0 Å². The van der Waals surface area contributed by atoms with Gasteiger partial charge in [-0.1, -0.05) is 24.6 Å². The fourth-order valence-electron chi connectivity index (χ4n) is 1.54. The molecule has 0 aliphatic carbocycles. The number of carbonyl (C=O) groups is 1. The number of nitrogens with one attached hydrogen (secondary N) is 1. The molecule has 0 aromatic carbocycles. The molecule has 1 aromatic heterocycles. The van der Waals surface area contributed by atoms with Crippen LogP contribution in [0.2, 0.25) is 5.02 Å². The highest BCUT2D eigenvalue weighted by Crippen LogP contribution is 2.19. The van der Waals surface area contributed by atoms with Gasteiger partial charge in [0, 0.05) is 6.54 Å². The van der Waals surface area contributed by atoms with E-state index < -0.39 is 0 Å². The third-order valence-electron chi connectivity index (χ3n) is 2.61. The Morgan fingerprint density at radius 3 is 2.76 bits per heavy atom. The Kier molecular flexibility index (Phi) is 4.75. The van der Waals surface area contributed by atoms with Gasteiger partial charge in [0.15, 0.2) is 0 Å². The van der Waals surface area contributed by atoms with E-state index in [1.54, 1.807) is 10.8 Å². The summed E-state index contributed by atoms with van der Waals surface area (Å²) in [7, 11) is 0. The van der Waals surface area contributed by atoms with Crippen LogP contribution in [-0.4, -0.2) is 22.2 Å². The Morgan fingerprint density at radius 2 is 2.29 bits per heavy atom. The average Bonchev–Trinajstić information content (AvgIpc) is 2.54. The van der Waals surface area contributed by atoms with E-state index in [9.17, 15) is 4.79 Å². The molecule has 1 atom stereocenters. The van der Waals surface area contributed by atoms with Gasteiger partial charge in [-0.15, -0.1) is 6.58 Å². The molecular formula is C12H18ClN3O. The van der Waals surface area contributed by atoms with E-state index in [0.29, 0.717) is 18.1 Å². The van der Waals surface area contributed by atoms with Gasteiger partial charge < -0.3 is 5.32 Å². The van der Waals surface area contributed by atoms with Gasteiger partial charge in [0.2, 0.25) is 5.91 Å². The number of rotatable bonds is 5. The largest absolute Gasteiger partial charge is 0.352 e. The van der Waals surface area contributed by atoms with Crippen molar-refractivity contribution in [3.8, 4) is 0 Å². The first-order valence-electron chi connectivity index (χ1n) is 5.55. The summed E-state index contributed by atoms with van der Waals surface area (Å²) in [5.41, 5.74) is 1.69. The van der Waals surface area contributed by atoms with Crippen LogP contribution in [0.5, 0.6) is 0 Å². The Balaban J connectivity index is 2.67. The van der Waals surface area contributed by atoms with Crippen molar-refractivity contribution in [2.24, 2.45) is 5.92 Å². The van der Waals surface area contributed by atoms with Crippen molar-refractivity contribution in [2.45, 2.75) is 27.3 Å². The maximum atomic E-state index is 11.7. The molecule has 17 heavy (non-hydrogen) atoms. The van der Waals surface area contributed by atoms with Crippen LogP contribution < -0.4 is 5.32 Å². The number of nitrogens with zero attached hydrogens (tertiary/aromatic N) is 2. The number of aromatic nitrogens is 2. The second-order valence-electron chi connectivity index (χ2n) is 4.10. The highest BCUT2D eigenvalue weighted by atomic mass is 35.5. The third-order valence-corrected chi connectivity index (χ3v) is 3.16. The molecule has 0 bridgehead atoms. The summed E-state index contributed by atoms with van der Waals surface area (Å²) in [5, 5.41) is 7.73. The van der Waals surface area contributed by atoms with Gasteiger partial charge in [-0.25, -0.2) is 0 Å². The van der Waals surface area contributed by atoms with Crippen LogP contribution in [0.4, 0.5) is 0 Å². The molecule has 0 radical (unpaired) electrons. The maximum absolute atomic E-state index is 11.7. The number of hydrogen-bond acceptors (Lipinski definition) is 2. The standard InChI is InChI=1S/C12H18ClN3O/c1-5-6-14-12(17)8(2)7-16-10(4)11(13)9(3)15-16/h5,8H,1,6-7H2,2-4H3,(H,14,17). The summed E-state index contributed by atoms with van der Waals surface area (Å²) < 4.78 is 1.77. The SMILES string of the molecule is C=CCNC(=O)C(C)Cn1nc(C)c(Cl)c1C. The first kappa shape index (κ1) is 13.8. The van der Waals surface area contributed by atoms with Crippen molar-refractivity contribution in [1.29, 1.82) is 0 Å². The van der Waals surface area contributed by atoms with Gasteiger partial charge in [0.1, 0.15) is 0 Å². The van der Waals surface area contributed by atoms with Crippen molar-refractivity contribution in [3.05, 3.63) is 29.1 Å². The second kappa shape index (κ2) is 5.87. The van der Waals surface area contributed by atoms with Crippen molar-refractivity contribution < 1.29 is 4.79 Å². The molecule has 0 spiro atoms. The van der Waals surface area contributed by atoms with Crippen LogP contribution in [0.25, 0.3) is 0 Å². The van der Waals surface area contributed by atoms with Crippen molar-refractivity contribution in [1.82, 2.24) is 15.1 Å². The molecule has 1 N–H and O–H groups in total. The Labute approximate surface area is 107 Å². The smallest absolute Gasteiger partial charge is 0.224 e. The van der Waals surface area contributed by atoms with Crippen LogP contribution >= 0.6 is 11.6 Å². The number of hydrogen-bond donors (Lipinski definition) is 1.